The van der Waals surface area contributed by atoms with Gasteiger partial charge in [0.25, 0.3) is 5.91 Å². The molecule has 4 heteroatoms. The van der Waals surface area contributed by atoms with E-state index >= 15 is 0 Å². The van der Waals surface area contributed by atoms with Crippen molar-refractivity contribution in [3.63, 3.8) is 0 Å². The molecule has 1 aromatic heterocycles. The van der Waals surface area contributed by atoms with Crippen LogP contribution in [0.25, 0.3) is 10.8 Å². The smallest absolute Gasteiger partial charge is 0.284 e. The molecule has 0 unspecified atom stereocenters. The number of rotatable bonds is 5. The molecule has 3 rings (SSSR count). The molecular formula is C20H20N2O2. The standard InChI is InChI=1S/C20H20N2O2/c1-4-7-19-14(2)21-22(15(19)3)20(23)13-24-18-11-10-16-8-5-6-9-17(16)12-18/h4-6,8-12H,1,7,13H2,2-3H3. The van der Waals surface area contributed by atoms with Gasteiger partial charge in [-0.3, -0.25) is 4.79 Å². The van der Waals surface area contributed by atoms with Crippen LogP contribution in [-0.4, -0.2) is 22.3 Å². The highest BCUT2D eigenvalue weighted by atomic mass is 16.5. The van der Waals surface area contributed by atoms with Crippen molar-refractivity contribution in [2.45, 2.75) is 20.3 Å². The molecule has 4 nitrogen and oxygen atoms in total. The van der Waals surface area contributed by atoms with E-state index in [4.69, 9.17) is 4.74 Å². The average molecular weight is 320 g/mol. The third-order valence-electron chi connectivity index (χ3n) is 4.11. The van der Waals surface area contributed by atoms with Gasteiger partial charge in [-0.1, -0.05) is 36.4 Å². The molecule has 0 bridgehead atoms. The normalized spacial score (nSPS) is 10.8. The number of aryl methyl sites for hydroxylation is 1. The molecule has 0 spiro atoms. The van der Waals surface area contributed by atoms with E-state index in [9.17, 15) is 4.79 Å². The van der Waals surface area contributed by atoms with Crippen LogP contribution < -0.4 is 4.74 Å². The van der Waals surface area contributed by atoms with E-state index in [1.165, 1.54) is 4.68 Å². The Balaban J connectivity index is 1.75. The quantitative estimate of drug-likeness (QED) is 0.665. The predicted octanol–water partition coefficient (Wildman–Crippen LogP) is 4.10. The molecule has 122 valence electrons. The van der Waals surface area contributed by atoms with Crippen molar-refractivity contribution >= 4 is 16.7 Å². The van der Waals surface area contributed by atoms with Crippen molar-refractivity contribution in [1.29, 1.82) is 0 Å². The lowest BCUT2D eigenvalue weighted by Gasteiger charge is -2.08. The highest BCUT2D eigenvalue weighted by Gasteiger charge is 2.16. The van der Waals surface area contributed by atoms with Gasteiger partial charge < -0.3 is 4.74 Å². The first-order valence-corrected chi connectivity index (χ1v) is 7.91. The summed E-state index contributed by atoms with van der Waals surface area (Å²) in [5, 5.41) is 6.56. The van der Waals surface area contributed by atoms with E-state index in [1.54, 1.807) is 0 Å². The number of hydrogen-bond acceptors (Lipinski definition) is 3. The number of ether oxygens (including phenoxy) is 1. The minimum absolute atomic E-state index is 0.0478. The summed E-state index contributed by atoms with van der Waals surface area (Å²) in [6.07, 6.45) is 2.52. The fourth-order valence-electron chi connectivity index (χ4n) is 2.82. The highest BCUT2D eigenvalue weighted by Crippen LogP contribution is 2.21. The Hall–Kier alpha value is -2.88. The third kappa shape index (κ3) is 3.08. The summed E-state index contributed by atoms with van der Waals surface area (Å²) in [5.74, 6) is 0.494. The Morgan fingerprint density at radius 3 is 2.71 bits per heavy atom. The van der Waals surface area contributed by atoms with Crippen LogP contribution in [0.1, 0.15) is 21.7 Å². The minimum atomic E-state index is -0.181. The fraction of sp³-hybridized carbons (Fsp3) is 0.200. The van der Waals surface area contributed by atoms with Gasteiger partial charge in [0.15, 0.2) is 6.61 Å². The van der Waals surface area contributed by atoms with Gasteiger partial charge in [0.1, 0.15) is 5.75 Å². The molecule has 0 N–H and O–H groups in total. The number of fused-ring (bicyclic) bond motifs is 1. The molecule has 3 aromatic rings. The van der Waals surface area contributed by atoms with Crippen molar-refractivity contribution in [2.75, 3.05) is 6.61 Å². The van der Waals surface area contributed by atoms with E-state index in [0.717, 1.165) is 27.7 Å². The van der Waals surface area contributed by atoms with Gasteiger partial charge in [0.05, 0.1) is 5.69 Å². The first kappa shape index (κ1) is 16.0. The summed E-state index contributed by atoms with van der Waals surface area (Å²) in [6, 6.07) is 13.8. The number of allylic oxidation sites excluding steroid dienone is 1. The van der Waals surface area contributed by atoms with Crippen molar-refractivity contribution in [2.24, 2.45) is 0 Å². The monoisotopic (exact) mass is 320 g/mol. The summed E-state index contributed by atoms with van der Waals surface area (Å²) in [4.78, 5) is 12.4. The number of hydrogen-bond donors (Lipinski definition) is 0. The SMILES string of the molecule is C=CCc1c(C)nn(C(=O)COc2ccc3ccccc3c2)c1C. The molecule has 0 saturated heterocycles. The van der Waals surface area contributed by atoms with E-state index in [-0.39, 0.29) is 12.5 Å². The first-order valence-electron chi connectivity index (χ1n) is 7.91. The van der Waals surface area contributed by atoms with Gasteiger partial charge in [-0.25, -0.2) is 4.68 Å². The molecule has 0 aliphatic carbocycles. The topological polar surface area (TPSA) is 44.1 Å². The number of benzene rings is 2. The summed E-state index contributed by atoms with van der Waals surface area (Å²) >= 11 is 0. The molecule has 0 amide bonds. The van der Waals surface area contributed by atoms with Gasteiger partial charge in [-0.05, 0) is 43.2 Å². The molecule has 0 aliphatic heterocycles. The fourth-order valence-corrected chi connectivity index (χ4v) is 2.82. The van der Waals surface area contributed by atoms with Gasteiger partial charge in [-0.15, -0.1) is 6.58 Å². The summed E-state index contributed by atoms with van der Waals surface area (Å²) in [7, 11) is 0. The molecule has 0 saturated carbocycles. The minimum Gasteiger partial charge on any atom is -0.484 e. The van der Waals surface area contributed by atoms with Crippen molar-refractivity contribution in [3.05, 3.63) is 72.1 Å². The van der Waals surface area contributed by atoms with Gasteiger partial charge >= 0.3 is 0 Å². The lowest BCUT2D eigenvalue weighted by atomic mass is 10.1. The van der Waals surface area contributed by atoms with Gasteiger partial charge in [-0.2, -0.15) is 5.10 Å². The number of carbonyl (C=O) groups excluding carboxylic acids is 1. The van der Waals surface area contributed by atoms with E-state index in [1.807, 2.05) is 62.4 Å². The second-order valence-corrected chi connectivity index (χ2v) is 5.75. The molecule has 1 heterocycles. The van der Waals surface area contributed by atoms with Crippen molar-refractivity contribution in [3.8, 4) is 5.75 Å². The maximum atomic E-state index is 12.4. The largest absolute Gasteiger partial charge is 0.484 e. The lowest BCUT2D eigenvalue weighted by molar-refractivity contribution is 0.0818. The van der Waals surface area contributed by atoms with Crippen LogP contribution in [0.3, 0.4) is 0 Å². The van der Waals surface area contributed by atoms with Gasteiger partial charge in [0.2, 0.25) is 0 Å². The zero-order valence-electron chi connectivity index (χ0n) is 14.0. The van der Waals surface area contributed by atoms with Crippen LogP contribution >= 0.6 is 0 Å². The molecule has 2 aromatic carbocycles. The summed E-state index contributed by atoms with van der Waals surface area (Å²) in [5.41, 5.74) is 2.75. The Labute approximate surface area is 141 Å². The second-order valence-electron chi connectivity index (χ2n) is 5.75. The van der Waals surface area contributed by atoms with Crippen LogP contribution in [0, 0.1) is 13.8 Å². The molecule has 0 aliphatic rings. The maximum Gasteiger partial charge on any atom is 0.284 e. The Morgan fingerprint density at radius 1 is 1.21 bits per heavy atom. The van der Waals surface area contributed by atoms with Crippen LogP contribution in [-0.2, 0) is 6.42 Å². The van der Waals surface area contributed by atoms with Crippen molar-refractivity contribution in [1.82, 2.24) is 9.78 Å². The summed E-state index contributed by atoms with van der Waals surface area (Å²) < 4.78 is 7.09. The van der Waals surface area contributed by atoms with E-state index in [2.05, 4.69) is 11.7 Å². The van der Waals surface area contributed by atoms with Crippen LogP contribution in [0.4, 0.5) is 0 Å². The summed E-state index contributed by atoms with van der Waals surface area (Å²) in [6.45, 7) is 7.50. The number of aromatic nitrogens is 2. The van der Waals surface area contributed by atoms with E-state index < -0.39 is 0 Å². The molecule has 0 fully saturated rings. The molecule has 0 radical (unpaired) electrons. The zero-order chi connectivity index (χ0) is 17.1. The van der Waals surface area contributed by atoms with Gasteiger partial charge in [0, 0.05) is 11.3 Å². The highest BCUT2D eigenvalue weighted by molar-refractivity contribution is 5.84. The molecule has 24 heavy (non-hydrogen) atoms. The van der Waals surface area contributed by atoms with Crippen LogP contribution in [0.2, 0.25) is 0 Å². The average Bonchev–Trinajstić information content (AvgIpc) is 2.88. The Morgan fingerprint density at radius 2 is 1.96 bits per heavy atom. The first-order chi connectivity index (χ1) is 11.6. The van der Waals surface area contributed by atoms with E-state index in [0.29, 0.717) is 12.2 Å². The third-order valence-corrected chi connectivity index (χ3v) is 4.11. The second kappa shape index (κ2) is 6.71. The molecular weight excluding hydrogens is 300 g/mol. The Bertz CT molecular complexity index is 909. The Kier molecular flexibility index (Phi) is 4.47. The molecule has 0 atom stereocenters. The predicted molar refractivity (Wildman–Crippen MR) is 95.7 cm³/mol. The number of nitrogens with zero attached hydrogens (tertiary/aromatic N) is 2. The van der Waals surface area contributed by atoms with Crippen LogP contribution in [0.5, 0.6) is 5.75 Å². The zero-order valence-corrected chi connectivity index (χ0v) is 14.0. The van der Waals surface area contributed by atoms with Crippen LogP contribution in [0.15, 0.2) is 55.1 Å². The van der Waals surface area contributed by atoms with Crippen molar-refractivity contribution < 1.29 is 9.53 Å². The number of carbonyl (C=O) groups is 1. The maximum absolute atomic E-state index is 12.4. The lowest BCUT2D eigenvalue weighted by Crippen LogP contribution is -2.21.